The summed E-state index contributed by atoms with van der Waals surface area (Å²) in [5.41, 5.74) is 6.96. The number of nitrogen functional groups attached to an aromatic ring is 1. The Hall–Kier alpha value is -1.36. The number of anilines is 2. The number of hydrogen-bond donors (Lipinski definition) is 2. The summed E-state index contributed by atoms with van der Waals surface area (Å²) in [4.78, 5) is 13.4. The predicted octanol–water partition coefficient (Wildman–Crippen LogP) is 5.09. The van der Waals surface area contributed by atoms with E-state index in [1.165, 1.54) is 11.8 Å². The van der Waals surface area contributed by atoms with Crippen molar-refractivity contribution in [3.63, 3.8) is 0 Å². The maximum atomic E-state index is 12.4. The van der Waals surface area contributed by atoms with Crippen molar-refractivity contribution in [3.05, 3.63) is 52.5 Å². The second-order valence-corrected chi connectivity index (χ2v) is 6.82. The molecule has 1 atom stereocenters. The molecule has 6 heteroatoms. The Morgan fingerprint density at radius 3 is 2.73 bits per heavy atom. The number of hydrogen-bond acceptors (Lipinski definition) is 3. The van der Waals surface area contributed by atoms with Crippen molar-refractivity contribution in [2.75, 3.05) is 11.1 Å². The minimum absolute atomic E-state index is 0.112. The molecule has 0 fully saturated rings. The van der Waals surface area contributed by atoms with Crippen molar-refractivity contribution >= 4 is 52.2 Å². The topological polar surface area (TPSA) is 55.1 Å². The second-order valence-electron chi connectivity index (χ2n) is 4.70. The van der Waals surface area contributed by atoms with Crippen LogP contribution in [0.1, 0.15) is 13.3 Å². The predicted molar refractivity (Wildman–Crippen MR) is 95.9 cm³/mol. The minimum Gasteiger partial charge on any atom is -0.399 e. The smallest absolute Gasteiger partial charge is 0.237 e. The Kier molecular flexibility index (Phi) is 6.00. The molecule has 3 nitrogen and oxygen atoms in total. The van der Waals surface area contributed by atoms with Crippen LogP contribution in [0.3, 0.4) is 0 Å². The fourth-order valence-electron chi connectivity index (χ4n) is 1.88. The average Bonchev–Trinajstić information content (AvgIpc) is 2.48. The van der Waals surface area contributed by atoms with Gasteiger partial charge in [-0.25, -0.2) is 0 Å². The van der Waals surface area contributed by atoms with Gasteiger partial charge in [-0.2, -0.15) is 0 Å². The van der Waals surface area contributed by atoms with Gasteiger partial charge < -0.3 is 11.1 Å². The van der Waals surface area contributed by atoms with Crippen LogP contribution in [0.5, 0.6) is 0 Å². The summed E-state index contributed by atoms with van der Waals surface area (Å²) in [5.74, 6) is -0.112. The van der Waals surface area contributed by atoms with E-state index in [1.807, 2.05) is 31.2 Å². The highest BCUT2D eigenvalue weighted by atomic mass is 35.5. The van der Waals surface area contributed by atoms with Crippen molar-refractivity contribution in [3.8, 4) is 0 Å². The van der Waals surface area contributed by atoms with Gasteiger partial charge in [0.2, 0.25) is 5.91 Å². The van der Waals surface area contributed by atoms with E-state index >= 15 is 0 Å². The van der Waals surface area contributed by atoms with E-state index in [0.29, 0.717) is 27.8 Å². The van der Waals surface area contributed by atoms with Crippen LogP contribution < -0.4 is 11.1 Å². The van der Waals surface area contributed by atoms with Crippen molar-refractivity contribution < 1.29 is 4.79 Å². The van der Waals surface area contributed by atoms with Crippen molar-refractivity contribution in [1.29, 1.82) is 0 Å². The molecule has 116 valence electrons. The fraction of sp³-hybridized carbons (Fsp3) is 0.188. The molecule has 2 aromatic carbocycles. The first-order valence-corrected chi connectivity index (χ1v) is 8.41. The molecule has 0 aliphatic heterocycles. The number of benzene rings is 2. The molecule has 0 aliphatic rings. The summed E-state index contributed by atoms with van der Waals surface area (Å²) in [6.07, 6.45) is 0.684. The summed E-state index contributed by atoms with van der Waals surface area (Å²) in [6, 6.07) is 12.5. The Labute approximate surface area is 144 Å². The third kappa shape index (κ3) is 4.57. The average molecular weight is 355 g/mol. The van der Waals surface area contributed by atoms with Gasteiger partial charge in [0.1, 0.15) is 0 Å². The monoisotopic (exact) mass is 354 g/mol. The molecule has 0 aliphatic carbocycles. The molecule has 0 heterocycles. The van der Waals surface area contributed by atoms with Gasteiger partial charge in [-0.05, 0) is 42.8 Å². The van der Waals surface area contributed by atoms with Crippen LogP contribution in [0.4, 0.5) is 11.4 Å². The molecule has 1 unspecified atom stereocenters. The molecule has 0 aromatic heterocycles. The first kappa shape index (κ1) is 17.0. The highest BCUT2D eigenvalue weighted by Gasteiger charge is 2.19. The highest BCUT2D eigenvalue weighted by Crippen LogP contribution is 2.30. The molecule has 0 bridgehead atoms. The van der Waals surface area contributed by atoms with E-state index in [0.717, 1.165) is 4.90 Å². The van der Waals surface area contributed by atoms with Crippen molar-refractivity contribution in [1.82, 2.24) is 0 Å². The molecular weight excluding hydrogens is 339 g/mol. The minimum atomic E-state index is -0.239. The lowest BCUT2D eigenvalue weighted by Crippen LogP contribution is -2.24. The highest BCUT2D eigenvalue weighted by molar-refractivity contribution is 8.00. The lowest BCUT2D eigenvalue weighted by atomic mass is 10.2. The van der Waals surface area contributed by atoms with Crippen molar-refractivity contribution in [2.24, 2.45) is 0 Å². The SMILES string of the molecule is CCC(Sc1cccc(N)c1)C(=O)Nc1cc(Cl)ccc1Cl. The Bertz CT molecular complexity index is 679. The van der Waals surface area contributed by atoms with Gasteiger partial charge in [-0.1, -0.05) is 36.2 Å². The Balaban J connectivity index is 2.10. The van der Waals surface area contributed by atoms with E-state index in [2.05, 4.69) is 5.32 Å². The summed E-state index contributed by atoms with van der Waals surface area (Å²) in [6.45, 7) is 1.96. The Morgan fingerprint density at radius 2 is 2.05 bits per heavy atom. The molecule has 0 spiro atoms. The lowest BCUT2D eigenvalue weighted by molar-refractivity contribution is -0.115. The van der Waals surface area contributed by atoms with E-state index in [9.17, 15) is 4.79 Å². The lowest BCUT2D eigenvalue weighted by Gasteiger charge is -2.16. The summed E-state index contributed by atoms with van der Waals surface area (Å²) >= 11 is 13.5. The number of carbonyl (C=O) groups excluding carboxylic acids is 1. The van der Waals surface area contributed by atoms with Gasteiger partial charge in [0, 0.05) is 15.6 Å². The summed E-state index contributed by atoms with van der Waals surface area (Å²) in [5, 5.41) is 3.57. The number of thioether (sulfide) groups is 1. The molecule has 1 amide bonds. The van der Waals surface area contributed by atoms with Gasteiger partial charge in [-0.3, -0.25) is 4.79 Å². The van der Waals surface area contributed by atoms with Crippen LogP contribution >= 0.6 is 35.0 Å². The van der Waals surface area contributed by atoms with Crippen LogP contribution in [-0.2, 0) is 4.79 Å². The first-order valence-electron chi connectivity index (χ1n) is 6.77. The van der Waals surface area contributed by atoms with E-state index < -0.39 is 0 Å². The largest absolute Gasteiger partial charge is 0.399 e. The second kappa shape index (κ2) is 7.77. The molecule has 2 aromatic rings. The van der Waals surface area contributed by atoms with Gasteiger partial charge in [0.05, 0.1) is 16.0 Å². The van der Waals surface area contributed by atoms with Crippen LogP contribution in [0.15, 0.2) is 47.4 Å². The third-order valence-electron chi connectivity index (χ3n) is 2.99. The Morgan fingerprint density at radius 1 is 1.27 bits per heavy atom. The first-order chi connectivity index (χ1) is 10.5. The zero-order valence-electron chi connectivity index (χ0n) is 12.0. The molecule has 3 N–H and O–H groups in total. The van der Waals surface area contributed by atoms with Gasteiger partial charge in [0.25, 0.3) is 0 Å². The molecular formula is C16H16Cl2N2OS. The fourth-order valence-corrected chi connectivity index (χ4v) is 3.24. The quantitative estimate of drug-likeness (QED) is 0.581. The zero-order chi connectivity index (χ0) is 16.1. The van der Waals surface area contributed by atoms with Gasteiger partial charge in [-0.15, -0.1) is 11.8 Å². The summed E-state index contributed by atoms with van der Waals surface area (Å²) in [7, 11) is 0. The molecule has 0 saturated carbocycles. The van der Waals surface area contributed by atoms with E-state index in [4.69, 9.17) is 28.9 Å². The molecule has 0 radical (unpaired) electrons. The zero-order valence-corrected chi connectivity index (χ0v) is 14.3. The van der Waals surface area contributed by atoms with Gasteiger partial charge >= 0.3 is 0 Å². The van der Waals surface area contributed by atoms with Crippen molar-refractivity contribution in [2.45, 2.75) is 23.5 Å². The maximum Gasteiger partial charge on any atom is 0.237 e. The molecule has 0 saturated heterocycles. The normalized spacial score (nSPS) is 12.0. The van der Waals surface area contributed by atoms with E-state index in [1.54, 1.807) is 18.2 Å². The molecule has 2 rings (SSSR count). The van der Waals surface area contributed by atoms with Crippen LogP contribution in [0, 0.1) is 0 Å². The number of carbonyl (C=O) groups is 1. The van der Waals surface area contributed by atoms with Gasteiger partial charge in [0.15, 0.2) is 0 Å². The third-order valence-corrected chi connectivity index (χ3v) is 4.91. The standard InChI is InChI=1S/C16H16Cl2N2OS/c1-2-15(22-12-5-3-4-11(19)9-12)16(21)20-14-8-10(17)6-7-13(14)18/h3-9,15H,2,19H2,1H3,(H,20,21). The number of nitrogens with two attached hydrogens (primary N) is 1. The van der Waals surface area contributed by atoms with Crippen LogP contribution in [-0.4, -0.2) is 11.2 Å². The number of halogens is 2. The van der Waals surface area contributed by atoms with Crippen LogP contribution in [0.25, 0.3) is 0 Å². The maximum absolute atomic E-state index is 12.4. The van der Waals surface area contributed by atoms with Crippen LogP contribution in [0.2, 0.25) is 10.0 Å². The molecule has 22 heavy (non-hydrogen) atoms. The number of rotatable bonds is 5. The summed E-state index contributed by atoms with van der Waals surface area (Å²) < 4.78 is 0. The van der Waals surface area contributed by atoms with E-state index in [-0.39, 0.29) is 11.2 Å². The number of nitrogens with one attached hydrogen (secondary N) is 1. The number of amides is 1.